The van der Waals surface area contributed by atoms with Crippen LogP contribution in [0.15, 0.2) is 0 Å². The molecule has 0 aliphatic carbocycles. The van der Waals surface area contributed by atoms with E-state index in [1.807, 2.05) is 0 Å². The fraction of sp³-hybridized carbons (Fsp3) is 0.954. The van der Waals surface area contributed by atoms with E-state index in [4.69, 9.17) is 37.0 Å². The number of aliphatic hydroxyl groups excluding tert-OH is 1. The summed E-state index contributed by atoms with van der Waals surface area (Å²) in [6.07, 6.45) is 71.0. The molecule has 19 heteroatoms. The molecule has 6 atom stereocenters. The number of phosphoric acid groups is 2. The minimum absolute atomic E-state index is 0.108. The molecule has 3 N–H and O–H groups in total. The van der Waals surface area contributed by atoms with Crippen LogP contribution in [0, 0.1) is 11.8 Å². The lowest BCUT2D eigenvalue weighted by atomic mass is 10.00. The maximum Gasteiger partial charge on any atom is 0.472 e. The number of carbonyl (C=O) groups is 4. The highest BCUT2D eigenvalue weighted by Gasteiger charge is 2.30. The molecule has 0 saturated heterocycles. The first-order valence-electron chi connectivity index (χ1n) is 45.0. The topological polar surface area (TPSA) is 237 Å². The largest absolute Gasteiger partial charge is 0.472 e. The average Bonchev–Trinajstić information content (AvgIpc) is 0.904. The van der Waals surface area contributed by atoms with Crippen LogP contribution < -0.4 is 0 Å². The monoisotopic (exact) mass is 1550 g/mol. The average molecular weight is 1550 g/mol. The zero-order valence-corrected chi connectivity index (χ0v) is 71.5. The maximum atomic E-state index is 13.2. The molecule has 0 aliphatic rings. The summed E-state index contributed by atoms with van der Waals surface area (Å²) in [4.78, 5) is 73.2. The quantitative estimate of drug-likeness (QED) is 0.0222. The Labute approximate surface area is 651 Å². The Morgan fingerprint density at radius 2 is 0.481 bits per heavy atom. The van der Waals surface area contributed by atoms with Crippen LogP contribution in [-0.4, -0.2) is 96.7 Å². The third-order valence-corrected chi connectivity index (χ3v) is 22.7. The van der Waals surface area contributed by atoms with Gasteiger partial charge < -0.3 is 33.8 Å². The van der Waals surface area contributed by atoms with Crippen LogP contribution in [-0.2, 0) is 65.4 Å². The molecule has 0 radical (unpaired) electrons. The van der Waals surface area contributed by atoms with Crippen molar-refractivity contribution < 1.29 is 80.2 Å². The van der Waals surface area contributed by atoms with Crippen molar-refractivity contribution in [2.24, 2.45) is 11.8 Å². The van der Waals surface area contributed by atoms with E-state index in [9.17, 15) is 43.2 Å². The molecule has 0 spiro atoms. The highest BCUT2D eigenvalue weighted by Crippen LogP contribution is 2.45. The van der Waals surface area contributed by atoms with E-state index in [1.54, 1.807) is 0 Å². The molecule has 0 aromatic carbocycles. The summed E-state index contributed by atoms with van der Waals surface area (Å²) < 4.78 is 68.9. The van der Waals surface area contributed by atoms with Crippen molar-refractivity contribution in [2.75, 3.05) is 39.6 Å². The van der Waals surface area contributed by atoms with Crippen LogP contribution in [0.5, 0.6) is 0 Å². The first-order valence-corrected chi connectivity index (χ1v) is 48.0. The molecule has 0 amide bonds. The third kappa shape index (κ3) is 78.7. The maximum absolute atomic E-state index is 13.2. The Hall–Kier alpha value is -1.94. The minimum Gasteiger partial charge on any atom is -0.462 e. The molecular weight excluding hydrogens is 1380 g/mol. The molecule has 0 aromatic heterocycles. The lowest BCUT2D eigenvalue weighted by molar-refractivity contribution is -0.161. The molecule has 0 aromatic rings. The number of hydrogen-bond acceptors (Lipinski definition) is 15. The van der Waals surface area contributed by atoms with Crippen LogP contribution in [0.1, 0.15) is 465 Å². The van der Waals surface area contributed by atoms with Gasteiger partial charge in [0.05, 0.1) is 26.4 Å². The van der Waals surface area contributed by atoms with E-state index in [0.717, 1.165) is 108 Å². The van der Waals surface area contributed by atoms with E-state index >= 15 is 0 Å². The van der Waals surface area contributed by atoms with Gasteiger partial charge in [0.15, 0.2) is 12.2 Å². The predicted molar refractivity (Wildman–Crippen MR) is 437 cm³/mol. The molecule has 0 heterocycles. The van der Waals surface area contributed by atoms with Crippen LogP contribution >= 0.6 is 15.6 Å². The summed E-state index contributed by atoms with van der Waals surface area (Å²) in [5, 5.41) is 10.7. The van der Waals surface area contributed by atoms with E-state index in [2.05, 4.69) is 41.5 Å². The van der Waals surface area contributed by atoms with Gasteiger partial charge in [-0.25, -0.2) is 9.13 Å². The number of phosphoric ester groups is 2. The first-order chi connectivity index (χ1) is 51.4. The highest BCUT2D eigenvalue weighted by atomic mass is 31.2. The van der Waals surface area contributed by atoms with Gasteiger partial charge in [0, 0.05) is 25.7 Å². The molecule has 0 aliphatic heterocycles. The van der Waals surface area contributed by atoms with Gasteiger partial charge in [-0.15, -0.1) is 0 Å². The van der Waals surface area contributed by atoms with E-state index in [0.29, 0.717) is 25.7 Å². The number of unbranched alkanes of at least 4 members (excludes halogenated alkanes) is 55. The van der Waals surface area contributed by atoms with E-state index < -0.39 is 97.5 Å². The van der Waals surface area contributed by atoms with Gasteiger partial charge in [-0.05, 0) is 37.5 Å². The summed E-state index contributed by atoms with van der Waals surface area (Å²) in [5.41, 5.74) is 0. The Balaban J connectivity index is 5.22. The lowest BCUT2D eigenvalue weighted by Crippen LogP contribution is -2.30. The number of carbonyl (C=O) groups excluding carboxylic acids is 4. The van der Waals surface area contributed by atoms with Crippen LogP contribution in [0.2, 0.25) is 0 Å². The second-order valence-corrected chi connectivity index (χ2v) is 34.9. The second kappa shape index (κ2) is 78.3. The van der Waals surface area contributed by atoms with Crippen LogP contribution in [0.4, 0.5) is 0 Å². The van der Waals surface area contributed by atoms with Crippen molar-refractivity contribution in [3.8, 4) is 0 Å². The standard InChI is InChI=1S/C87H170O17P2/c1-7-10-12-14-16-18-20-22-24-26-27-28-29-30-31-35-40-44-48-52-60-66-71-86(91)103-82(75-97-84(89)69-63-57-50-46-42-38-36-32-33-37-41-45-49-55-61-67-79(4)5)77-101-105(93,94)99-73-81(88)74-100-106(95,96)102-78-83(76-98-85(90)70-64-58-54-53-56-62-68-80(6)9-3)104-87(92)72-65-59-51-47-43-39-34-25-23-21-19-17-15-13-11-8-2/h79-83,88H,7-78H2,1-6H3,(H,93,94)(H,95,96)/t80?,81-,82-,83-/m1/s1. The SMILES string of the molecule is CCCCCCCCCCCCCCCCCCCCCCCCC(=O)O[C@H](COC(=O)CCCCCCCCCCCCCCCCCC(C)C)COP(=O)(O)OC[C@@H](O)COP(=O)(O)OC[C@@H](COC(=O)CCCCCCCCC(C)CC)OC(=O)CCCCCCCCCCCCCCCCCC. The Morgan fingerprint density at radius 1 is 0.274 bits per heavy atom. The summed E-state index contributed by atoms with van der Waals surface area (Å²) in [7, 11) is -9.93. The summed E-state index contributed by atoms with van der Waals surface area (Å²) in [5.74, 6) is -0.565. The van der Waals surface area contributed by atoms with Gasteiger partial charge in [0.25, 0.3) is 0 Å². The molecule has 0 fully saturated rings. The smallest absolute Gasteiger partial charge is 0.462 e. The molecular formula is C87H170O17P2. The molecule has 630 valence electrons. The Kier molecular flexibility index (Phi) is 76.9. The van der Waals surface area contributed by atoms with Gasteiger partial charge in [-0.1, -0.05) is 414 Å². The second-order valence-electron chi connectivity index (χ2n) is 32.0. The fourth-order valence-electron chi connectivity index (χ4n) is 13.6. The number of esters is 4. The summed E-state index contributed by atoms with van der Waals surface area (Å²) in [6.45, 7) is 9.66. The van der Waals surface area contributed by atoms with Crippen molar-refractivity contribution in [3.63, 3.8) is 0 Å². The van der Waals surface area contributed by atoms with Crippen LogP contribution in [0.25, 0.3) is 0 Å². The van der Waals surface area contributed by atoms with Gasteiger partial charge in [0.1, 0.15) is 19.3 Å². The molecule has 3 unspecified atom stereocenters. The van der Waals surface area contributed by atoms with Gasteiger partial charge in [-0.2, -0.15) is 0 Å². The Bertz CT molecular complexity index is 2030. The summed E-state index contributed by atoms with van der Waals surface area (Å²) in [6, 6.07) is 0. The highest BCUT2D eigenvalue weighted by molar-refractivity contribution is 7.47. The Morgan fingerprint density at radius 3 is 0.717 bits per heavy atom. The number of aliphatic hydroxyl groups is 1. The van der Waals surface area contributed by atoms with Crippen molar-refractivity contribution >= 4 is 39.5 Å². The first kappa shape index (κ1) is 104. The molecule has 17 nitrogen and oxygen atoms in total. The molecule has 106 heavy (non-hydrogen) atoms. The molecule has 0 saturated carbocycles. The van der Waals surface area contributed by atoms with Crippen molar-refractivity contribution in [1.29, 1.82) is 0 Å². The van der Waals surface area contributed by atoms with Gasteiger partial charge in [0.2, 0.25) is 0 Å². The summed E-state index contributed by atoms with van der Waals surface area (Å²) >= 11 is 0. The van der Waals surface area contributed by atoms with Crippen LogP contribution in [0.3, 0.4) is 0 Å². The van der Waals surface area contributed by atoms with E-state index in [-0.39, 0.29) is 25.7 Å². The third-order valence-electron chi connectivity index (χ3n) is 20.8. The fourth-order valence-corrected chi connectivity index (χ4v) is 15.1. The number of hydrogen-bond donors (Lipinski definition) is 3. The van der Waals surface area contributed by atoms with Gasteiger partial charge >= 0.3 is 39.5 Å². The van der Waals surface area contributed by atoms with E-state index in [1.165, 1.54) is 276 Å². The number of ether oxygens (including phenoxy) is 4. The van der Waals surface area contributed by atoms with Crippen molar-refractivity contribution in [3.05, 3.63) is 0 Å². The minimum atomic E-state index is -4.97. The normalized spacial score (nSPS) is 14.1. The predicted octanol–water partition coefficient (Wildman–Crippen LogP) is 26.6. The van der Waals surface area contributed by atoms with Gasteiger partial charge in [-0.3, -0.25) is 37.3 Å². The lowest BCUT2D eigenvalue weighted by Gasteiger charge is -2.21. The number of rotatable bonds is 86. The zero-order valence-electron chi connectivity index (χ0n) is 69.7. The van der Waals surface area contributed by atoms with Crippen molar-refractivity contribution in [2.45, 2.75) is 484 Å². The molecule has 0 bridgehead atoms. The zero-order chi connectivity index (χ0) is 77.8. The molecule has 0 rings (SSSR count). The van der Waals surface area contributed by atoms with Crippen molar-refractivity contribution in [1.82, 2.24) is 0 Å².